The molecule has 3 rings (SSSR count). The van der Waals surface area contributed by atoms with E-state index in [2.05, 4.69) is 15.8 Å². The smallest absolute Gasteiger partial charge is 0.329 e. The van der Waals surface area contributed by atoms with E-state index in [1.54, 1.807) is 36.4 Å². The number of carbonyl (C=O) groups excluding carboxylic acids is 2. The Morgan fingerprint density at radius 2 is 1.65 bits per heavy atom. The number of hydrogen-bond donors (Lipinski definition) is 2. The van der Waals surface area contributed by atoms with Gasteiger partial charge in [-0.15, -0.1) is 0 Å². The van der Waals surface area contributed by atoms with Crippen LogP contribution in [0.25, 0.3) is 0 Å². The zero-order chi connectivity index (χ0) is 22.1. The van der Waals surface area contributed by atoms with Gasteiger partial charge < -0.3 is 14.8 Å². The molecule has 0 aliphatic rings. The molecule has 7 nitrogen and oxygen atoms in total. The molecule has 158 valence electrons. The van der Waals surface area contributed by atoms with Crippen molar-refractivity contribution >= 4 is 23.7 Å². The van der Waals surface area contributed by atoms with Crippen LogP contribution in [-0.2, 0) is 16.2 Å². The highest BCUT2D eigenvalue weighted by molar-refractivity contribution is 6.39. The predicted octanol–water partition coefficient (Wildman–Crippen LogP) is 3.67. The van der Waals surface area contributed by atoms with E-state index in [4.69, 9.17) is 9.47 Å². The number of carbonyl (C=O) groups is 2. The molecule has 0 heterocycles. The molecule has 2 amide bonds. The Hall–Kier alpha value is -4.13. The molecule has 0 radical (unpaired) electrons. The first-order valence-electron chi connectivity index (χ1n) is 9.61. The van der Waals surface area contributed by atoms with E-state index >= 15 is 0 Å². The van der Waals surface area contributed by atoms with Crippen LogP contribution in [-0.4, -0.2) is 25.1 Å². The lowest BCUT2D eigenvalue weighted by Crippen LogP contribution is -2.32. The molecular weight excluding hydrogens is 394 g/mol. The molecule has 0 aliphatic carbocycles. The maximum atomic E-state index is 12.0. The number of amides is 2. The summed E-state index contributed by atoms with van der Waals surface area (Å²) in [4.78, 5) is 23.9. The summed E-state index contributed by atoms with van der Waals surface area (Å²) < 4.78 is 10.9. The van der Waals surface area contributed by atoms with Crippen molar-refractivity contribution in [1.82, 2.24) is 5.43 Å². The highest BCUT2D eigenvalue weighted by Gasteiger charge is 2.14. The standard InChI is InChI=1S/C24H23N3O4/c1-17-7-9-19(10-8-17)16-31-20-13-11-18(12-14-20)15-25-27-24(29)23(28)26-21-5-3-4-6-22(21)30-2/h3-15H,16H2,1-2H3,(H,26,28)(H,27,29)/b25-15+. The quantitative estimate of drug-likeness (QED) is 0.349. The number of anilines is 1. The first kappa shape index (κ1) is 21.6. The maximum absolute atomic E-state index is 12.0. The van der Waals surface area contributed by atoms with Gasteiger partial charge >= 0.3 is 11.8 Å². The first-order valence-corrected chi connectivity index (χ1v) is 9.61. The Bertz CT molecular complexity index is 1060. The lowest BCUT2D eigenvalue weighted by Gasteiger charge is -2.08. The van der Waals surface area contributed by atoms with Crippen LogP contribution in [0.1, 0.15) is 16.7 Å². The highest BCUT2D eigenvalue weighted by atomic mass is 16.5. The average molecular weight is 417 g/mol. The molecule has 0 aliphatic heterocycles. The summed E-state index contributed by atoms with van der Waals surface area (Å²) in [5.41, 5.74) is 5.64. The molecule has 0 bridgehead atoms. The summed E-state index contributed by atoms with van der Waals surface area (Å²) in [6.07, 6.45) is 1.44. The molecule has 3 aromatic rings. The van der Waals surface area contributed by atoms with Crippen molar-refractivity contribution in [2.75, 3.05) is 12.4 Å². The van der Waals surface area contributed by atoms with Crippen LogP contribution in [0.15, 0.2) is 77.9 Å². The minimum absolute atomic E-state index is 0.398. The molecule has 0 saturated heterocycles. The van der Waals surface area contributed by atoms with Crippen LogP contribution in [0.2, 0.25) is 0 Å². The van der Waals surface area contributed by atoms with Crippen LogP contribution in [0, 0.1) is 6.92 Å². The summed E-state index contributed by atoms with van der Waals surface area (Å²) in [6, 6.07) is 22.2. The summed E-state index contributed by atoms with van der Waals surface area (Å²) >= 11 is 0. The largest absolute Gasteiger partial charge is 0.495 e. The molecule has 0 atom stereocenters. The van der Waals surface area contributed by atoms with E-state index < -0.39 is 11.8 Å². The maximum Gasteiger partial charge on any atom is 0.329 e. The van der Waals surface area contributed by atoms with Gasteiger partial charge in [0, 0.05) is 0 Å². The van der Waals surface area contributed by atoms with E-state index in [9.17, 15) is 9.59 Å². The molecular formula is C24H23N3O4. The average Bonchev–Trinajstić information content (AvgIpc) is 2.80. The summed E-state index contributed by atoms with van der Waals surface area (Å²) in [5.74, 6) is -0.559. The molecule has 2 N–H and O–H groups in total. The van der Waals surface area contributed by atoms with Gasteiger partial charge in [0.15, 0.2) is 0 Å². The minimum atomic E-state index is -0.889. The van der Waals surface area contributed by atoms with Crippen LogP contribution < -0.4 is 20.2 Å². The number of ether oxygens (including phenoxy) is 2. The third kappa shape index (κ3) is 6.43. The molecule has 0 unspecified atom stereocenters. The monoisotopic (exact) mass is 417 g/mol. The third-order valence-electron chi connectivity index (χ3n) is 4.35. The Morgan fingerprint density at radius 1 is 0.935 bits per heavy atom. The van der Waals surface area contributed by atoms with E-state index in [1.165, 1.54) is 18.9 Å². The number of para-hydroxylation sites is 2. The van der Waals surface area contributed by atoms with Gasteiger partial charge in [-0.25, -0.2) is 5.43 Å². The van der Waals surface area contributed by atoms with Gasteiger partial charge in [-0.2, -0.15) is 5.10 Å². The molecule has 0 fully saturated rings. The lowest BCUT2D eigenvalue weighted by atomic mass is 10.2. The number of benzene rings is 3. The fourth-order valence-corrected chi connectivity index (χ4v) is 2.64. The topological polar surface area (TPSA) is 89.0 Å². The molecule has 0 spiro atoms. The minimum Gasteiger partial charge on any atom is -0.495 e. The predicted molar refractivity (Wildman–Crippen MR) is 119 cm³/mol. The number of hydrogen-bond acceptors (Lipinski definition) is 5. The summed E-state index contributed by atoms with van der Waals surface area (Å²) in [6.45, 7) is 2.52. The van der Waals surface area contributed by atoms with Crippen molar-refractivity contribution in [2.45, 2.75) is 13.5 Å². The number of rotatable bonds is 7. The fraction of sp³-hybridized carbons (Fsp3) is 0.125. The Balaban J connectivity index is 1.48. The van der Waals surface area contributed by atoms with E-state index in [0.29, 0.717) is 18.0 Å². The van der Waals surface area contributed by atoms with Crippen LogP contribution in [0.4, 0.5) is 5.69 Å². The van der Waals surface area contributed by atoms with Crippen molar-refractivity contribution in [3.63, 3.8) is 0 Å². The van der Waals surface area contributed by atoms with Gasteiger partial charge in [0.1, 0.15) is 18.1 Å². The molecule has 31 heavy (non-hydrogen) atoms. The summed E-state index contributed by atoms with van der Waals surface area (Å²) in [5, 5.41) is 6.30. The SMILES string of the molecule is COc1ccccc1NC(=O)C(=O)N/N=C/c1ccc(OCc2ccc(C)cc2)cc1. The van der Waals surface area contributed by atoms with Crippen molar-refractivity contribution in [3.8, 4) is 11.5 Å². The normalized spacial score (nSPS) is 10.5. The van der Waals surface area contributed by atoms with E-state index in [-0.39, 0.29) is 0 Å². The number of nitrogens with one attached hydrogen (secondary N) is 2. The molecule has 7 heteroatoms. The van der Waals surface area contributed by atoms with Crippen LogP contribution >= 0.6 is 0 Å². The second-order valence-electron chi connectivity index (χ2n) is 6.70. The Labute approximate surface area is 180 Å². The Morgan fingerprint density at radius 3 is 2.35 bits per heavy atom. The van der Waals surface area contributed by atoms with Gasteiger partial charge in [-0.1, -0.05) is 42.0 Å². The number of hydrazone groups is 1. The number of nitrogens with zero attached hydrogens (tertiary/aromatic N) is 1. The second kappa shape index (κ2) is 10.6. The zero-order valence-corrected chi connectivity index (χ0v) is 17.3. The zero-order valence-electron chi connectivity index (χ0n) is 17.3. The van der Waals surface area contributed by atoms with Crippen molar-refractivity contribution < 1.29 is 19.1 Å². The van der Waals surface area contributed by atoms with Gasteiger partial charge in [0.2, 0.25) is 0 Å². The molecule has 0 aromatic heterocycles. The van der Waals surface area contributed by atoms with Crippen molar-refractivity contribution in [1.29, 1.82) is 0 Å². The van der Waals surface area contributed by atoms with Crippen LogP contribution in [0.5, 0.6) is 11.5 Å². The lowest BCUT2D eigenvalue weighted by molar-refractivity contribution is -0.136. The molecule has 3 aromatic carbocycles. The van der Waals surface area contributed by atoms with Gasteiger partial charge in [-0.3, -0.25) is 9.59 Å². The van der Waals surface area contributed by atoms with E-state index in [1.807, 2.05) is 43.3 Å². The first-order chi connectivity index (χ1) is 15.0. The van der Waals surface area contributed by atoms with Gasteiger partial charge in [0.05, 0.1) is 19.0 Å². The number of aryl methyl sites for hydroxylation is 1. The summed E-state index contributed by atoms with van der Waals surface area (Å²) in [7, 11) is 1.48. The van der Waals surface area contributed by atoms with Crippen molar-refractivity contribution in [2.24, 2.45) is 5.10 Å². The van der Waals surface area contributed by atoms with Crippen LogP contribution in [0.3, 0.4) is 0 Å². The second-order valence-corrected chi connectivity index (χ2v) is 6.70. The highest BCUT2D eigenvalue weighted by Crippen LogP contribution is 2.22. The fourth-order valence-electron chi connectivity index (χ4n) is 2.64. The third-order valence-corrected chi connectivity index (χ3v) is 4.35. The van der Waals surface area contributed by atoms with Gasteiger partial charge in [-0.05, 0) is 54.4 Å². The van der Waals surface area contributed by atoms with E-state index in [0.717, 1.165) is 16.9 Å². The molecule has 0 saturated carbocycles. The van der Waals surface area contributed by atoms with Crippen molar-refractivity contribution in [3.05, 3.63) is 89.5 Å². The Kier molecular flexibility index (Phi) is 7.37. The number of methoxy groups -OCH3 is 1. The van der Waals surface area contributed by atoms with Gasteiger partial charge in [0.25, 0.3) is 0 Å².